The normalized spacial score (nSPS) is 12.5. The second-order valence-corrected chi connectivity index (χ2v) is 12.0. The Morgan fingerprint density at radius 2 is 1.34 bits per heavy atom. The van der Waals surface area contributed by atoms with Gasteiger partial charge in [0.25, 0.3) is 0 Å². The van der Waals surface area contributed by atoms with Gasteiger partial charge < -0.3 is 5.73 Å². The maximum absolute atomic E-state index is 9.11. The van der Waals surface area contributed by atoms with E-state index in [1.54, 1.807) is 0 Å². The molecule has 8 aromatic rings. The highest BCUT2D eigenvalue weighted by Gasteiger charge is 2.17. The number of nitriles is 1. The molecule has 0 aliphatic rings. The molecule has 208 valence electrons. The lowest BCUT2D eigenvalue weighted by Gasteiger charge is -2.15. The van der Waals surface area contributed by atoms with Gasteiger partial charge in [0.2, 0.25) is 0 Å². The molecule has 2 N–H and O–H groups in total. The number of hydrogen-bond acceptors (Lipinski definition) is 4. The van der Waals surface area contributed by atoms with E-state index in [9.17, 15) is 0 Å². The molecule has 0 saturated carbocycles. The van der Waals surface area contributed by atoms with Gasteiger partial charge in [-0.3, -0.25) is 4.57 Å². The van der Waals surface area contributed by atoms with Crippen molar-refractivity contribution in [2.45, 2.75) is 6.04 Å². The molecule has 0 bridgehead atoms. The van der Waals surface area contributed by atoms with Gasteiger partial charge in [-0.2, -0.15) is 5.26 Å². The molecule has 5 heteroatoms. The molecule has 0 aliphatic heterocycles. The second-order valence-electron chi connectivity index (χ2n) is 10.9. The topological polar surface area (TPSA) is 67.1 Å². The Morgan fingerprint density at radius 3 is 2.14 bits per heavy atom. The number of fused-ring (bicyclic) bond motifs is 7. The van der Waals surface area contributed by atoms with Gasteiger partial charge in [0.05, 0.1) is 39.1 Å². The van der Waals surface area contributed by atoms with Crippen LogP contribution in [-0.4, -0.2) is 10.9 Å². The maximum Gasteiger partial charge on any atom is 0.100 e. The summed E-state index contributed by atoms with van der Waals surface area (Å²) in [5.74, 6) is 0. The Labute approximate surface area is 258 Å². The zero-order valence-corrected chi connectivity index (χ0v) is 24.5. The molecule has 1 unspecified atom stereocenters. The summed E-state index contributed by atoms with van der Waals surface area (Å²) in [7, 11) is 0. The van der Waals surface area contributed by atoms with E-state index < -0.39 is 0 Å². The first-order valence-electron chi connectivity index (χ1n) is 14.5. The van der Waals surface area contributed by atoms with Gasteiger partial charge in [0, 0.05) is 26.2 Å². The summed E-state index contributed by atoms with van der Waals surface area (Å²) in [4.78, 5) is 5.07. The molecule has 0 amide bonds. The molecule has 0 spiro atoms. The van der Waals surface area contributed by atoms with Crippen molar-refractivity contribution in [3.8, 4) is 17.2 Å². The summed E-state index contributed by atoms with van der Waals surface area (Å²) < 4.78 is 4.78. The third-order valence-electron chi connectivity index (χ3n) is 8.42. The molecular formula is C39H26N4S. The van der Waals surface area contributed by atoms with Crippen molar-refractivity contribution in [1.82, 2.24) is 4.57 Å². The van der Waals surface area contributed by atoms with Gasteiger partial charge in [0.15, 0.2) is 0 Å². The van der Waals surface area contributed by atoms with Gasteiger partial charge in [-0.05, 0) is 52.6 Å². The van der Waals surface area contributed by atoms with Crippen molar-refractivity contribution < 1.29 is 0 Å². The van der Waals surface area contributed by atoms with E-state index in [1.807, 2.05) is 60.1 Å². The minimum absolute atomic E-state index is 0.342. The quantitative estimate of drug-likeness (QED) is 0.162. The van der Waals surface area contributed by atoms with E-state index in [1.165, 1.54) is 36.5 Å². The van der Waals surface area contributed by atoms with Crippen molar-refractivity contribution in [2.75, 3.05) is 0 Å². The Kier molecular flexibility index (Phi) is 6.31. The molecule has 2 heterocycles. The van der Waals surface area contributed by atoms with Crippen LogP contribution in [0.4, 0.5) is 5.69 Å². The SMILES string of the molecule is N#Cc1ccc(-c2ccc(C(N)c3ccccc3/N=C/n3c4ccccc4c4ccc5c6ccccc6sc5c43)cc2)cc1. The van der Waals surface area contributed by atoms with Gasteiger partial charge in [-0.1, -0.05) is 103 Å². The smallest absolute Gasteiger partial charge is 0.100 e. The van der Waals surface area contributed by atoms with Crippen LogP contribution in [0.3, 0.4) is 0 Å². The molecule has 1 atom stereocenters. The third-order valence-corrected chi connectivity index (χ3v) is 9.61. The van der Waals surface area contributed by atoms with Crippen molar-refractivity contribution in [2.24, 2.45) is 10.7 Å². The lowest BCUT2D eigenvalue weighted by atomic mass is 9.95. The fraction of sp³-hybridized carbons (Fsp3) is 0.0256. The molecule has 4 nitrogen and oxygen atoms in total. The van der Waals surface area contributed by atoms with Crippen molar-refractivity contribution >= 4 is 65.3 Å². The molecule has 2 aromatic heterocycles. The summed E-state index contributed by atoms with van der Waals surface area (Å²) >= 11 is 1.83. The molecular weight excluding hydrogens is 557 g/mol. The molecule has 0 aliphatic carbocycles. The van der Waals surface area contributed by atoms with E-state index in [0.29, 0.717) is 5.56 Å². The minimum atomic E-state index is -0.342. The van der Waals surface area contributed by atoms with Crippen LogP contribution in [0.5, 0.6) is 0 Å². The fourth-order valence-electron chi connectivity index (χ4n) is 6.17. The minimum Gasteiger partial charge on any atom is -0.320 e. The molecule has 44 heavy (non-hydrogen) atoms. The Bertz CT molecular complexity index is 2410. The number of benzene rings is 6. The average molecular weight is 583 g/mol. The number of aliphatic imine (C=N–C) groups is 1. The van der Waals surface area contributed by atoms with Crippen molar-refractivity contribution in [3.05, 3.63) is 150 Å². The number of nitrogens with two attached hydrogens (primary N) is 1. The lowest BCUT2D eigenvalue weighted by Crippen LogP contribution is -2.12. The van der Waals surface area contributed by atoms with Crippen LogP contribution in [0.25, 0.3) is 53.1 Å². The predicted octanol–water partition coefficient (Wildman–Crippen LogP) is 9.96. The molecule has 6 aromatic carbocycles. The zero-order valence-electron chi connectivity index (χ0n) is 23.7. The van der Waals surface area contributed by atoms with Crippen molar-refractivity contribution in [3.63, 3.8) is 0 Å². The van der Waals surface area contributed by atoms with Crippen LogP contribution in [0.15, 0.2) is 138 Å². The van der Waals surface area contributed by atoms with Crippen LogP contribution in [0, 0.1) is 11.3 Å². The lowest BCUT2D eigenvalue weighted by molar-refractivity contribution is 0.872. The highest BCUT2D eigenvalue weighted by Crippen LogP contribution is 2.41. The highest BCUT2D eigenvalue weighted by atomic mass is 32.1. The summed E-state index contributed by atoms with van der Waals surface area (Å²) in [6, 6.07) is 47.5. The highest BCUT2D eigenvalue weighted by molar-refractivity contribution is 7.26. The maximum atomic E-state index is 9.11. The van der Waals surface area contributed by atoms with Crippen molar-refractivity contribution in [1.29, 1.82) is 5.26 Å². The standard InChI is InChI=1S/C39H26N4S/c40-23-25-13-15-26(16-14-25)27-17-19-28(20-18-27)37(41)33-9-1-4-10-34(33)42-24-43-35-11-5-2-7-29(35)31-21-22-32-30-8-3-6-12-36(30)44-39(32)38(31)43/h1-22,24,37H,41H2/b42-24+. The summed E-state index contributed by atoms with van der Waals surface area (Å²) in [5, 5.41) is 14.1. The van der Waals surface area contributed by atoms with E-state index in [0.717, 1.165) is 33.5 Å². The van der Waals surface area contributed by atoms with Crippen LogP contribution in [-0.2, 0) is 0 Å². The van der Waals surface area contributed by atoms with E-state index in [2.05, 4.69) is 102 Å². The summed E-state index contributed by atoms with van der Waals surface area (Å²) in [6.07, 6.45) is 1.95. The number of para-hydroxylation sites is 2. The number of hydrogen-bond donors (Lipinski definition) is 1. The monoisotopic (exact) mass is 582 g/mol. The zero-order chi connectivity index (χ0) is 29.6. The first-order valence-corrected chi connectivity index (χ1v) is 15.3. The van der Waals surface area contributed by atoms with E-state index >= 15 is 0 Å². The van der Waals surface area contributed by atoms with Gasteiger partial charge in [0.1, 0.15) is 6.34 Å². The average Bonchev–Trinajstić information content (AvgIpc) is 3.63. The Balaban J connectivity index is 1.20. The van der Waals surface area contributed by atoms with E-state index in [-0.39, 0.29) is 6.04 Å². The number of thiophene rings is 1. The first-order chi connectivity index (χ1) is 21.7. The van der Waals surface area contributed by atoms with E-state index in [4.69, 9.17) is 16.0 Å². The number of nitrogens with zero attached hydrogens (tertiary/aromatic N) is 3. The fourth-order valence-corrected chi connectivity index (χ4v) is 7.42. The largest absolute Gasteiger partial charge is 0.320 e. The third kappa shape index (κ3) is 4.28. The first kappa shape index (κ1) is 26.1. The molecule has 0 saturated heterocycles. The number of rotatable bonds is 5. The molecule has 0 fully saturated rings. The summed E-state index contributed by atoms with van der Waals surface area (Å²) in [5.41, 5.74) is 14.8. The second kappa shape index (κ2) is 10.6. The molecule has 8 rings (SSSR count). The van der Waals surface area contributed by atoms with Crippen LogP contribution in [0.2, 0.25) is 0 Å². The van der Waals surface area contributed by atoms with Gasteiger partial charge >= 0.3 is 0 Å². The van der Waals surface area contributed by atoms with Crippen LogP contribution in [0.1, 0.15) is 22.7 Å². The Hall–Kier alpha value is -5.54. The Morgan fingerprint density at radius 1 is 0.682 bits per heavy atom. The molecule has 0 radical (unpaired) electrons. The number of aromatic nitrogens is 1. The summed E-state index contributed by atoms with van der Waals surface area (Å²) in [6.45, 7) is 0. The van der Waals surface area contributed by atoms with Gasteiger partial charge in [-0.15, -0.1) is 11.3 Å². The van der Waals surface area contributed by atoms with Crippen LogP contribution >= 0.6 is 11.3 Å². The predicted molar refractivity (Wildman–Crippen MR) is 185 cm³/mol. The van der Waals surface area contributed by atoms with Gasteiger partial charge in [-0.25, -0.2) is 4.99 Å². The van der Waals surface area contributed by atoms with Crippen LogP contribution < -0.4 is 5.73 Å².